The van der Waals surface area contributed by atoms with Gasteiger partial charge in [-0.15, -0.1) is 0 Å². The van der Waals surface area contributed by atoms with Crippen molar-refractivity contribution in [3.8, 4) is 50.2 Å². The Morgan fingerprint density at radius 2 is 0.817 bits per heavy atom. The summed E-state index contributed by atoms with van der Waals surface area (Å²) in [5.41, 5.74) is 16.4. The van der Waals surface area contributed by atoms with Crippen molar-refractivity contribution in [1.29, 1.82) is 0 Å². The maximum Gasteiger partial charge on any atom is 0.0547 e. The van der Waals surface area contributed by atoms with Crippen LogP contribution in [0.25, 0.3) is 82.8 Å². The van der Waals surface area contributed by atoms with Gasteiger partial charge in [0.15, 0.2) is 0 Å². The summed E-state index contributed by atoms with van der Waals surface area (Å²) in [6.45, 7) is 0. The Balaban J connectivity index is 1.09. The van der Waals surface area contributed by atoms with Gasteiger partial charge >= 0.3 is 0 Å². The molecule has 11 aromatic rings. The number of hydrogen-bond donors (Lipinski definition) is 0. The van der Waals surface area contributed by atoms with E-state index in [-0.39, 0.29) is 0 Å². The van der Waals surface area contributed by atoms with Crippen LogP contribution >= 0.6 is 0 Å². The van der Waals surface area contributed by atoms with Crippen LogP contribution in [-0.4, -0.2) is 4.57 Å². The quantitative estimate of drug-likeness (QED) is 0.150. The molecule has 0 atom stereocenters. The van der Waals surface area contributed by atoms with Gasteiger partial charge in [-0.2, -0.15) is 0 Å². The lowest BCUT2D eigenvalue weighted by molar-refractivity contribution is 1.18. The molecular weight excluding hydrogens is 725 g/mol. The van der Waals surface area contributed by atoms with E-state index in [0.29, 0.717) is 0 Å². The lowest BCUT2D eigenvalue weighted by Crippen LogP contribution is -2.11. The standard InChI is InChI=1S/C58H40N2/c1-4-17-41(18-5-1)43-31-35-48(36-32-43)59(49-37-33-44(34-38-49)54-40-46(42-19-6-2-7-20-42)39-45-21-10-11-24-50(45)54)55-28-14-12-25-51(55)52-27-16-30-57-58(52)53-26-13-15-29-56(53)60(57)47-22-8-3-9-23-47/h1-40H. The molecule has 0 aliphatic heterocycles. The van der Waals surface area contributed by atoms with Gasteiger partial charge in [-0.1, -0.05) is 176 Å². The predicted octanol–water partition coefficient (Wildman–Crippen LogP) is 16.1. The first kappa shape index (κ1) is 35.2. The Bertz CT molecular complexity index is 3270. The fourth-order valence-electron chi connectivity index (χ4n) is 8.99. The molecule has 60 heavy (non-hydrogen) atoms. The van der Waals surface area contributed by atoms with Crippen molar-refractivity contribution < 1.29 is 0 Å². The zero-order chi connectivity index (χ0) is 39.8. The van der Waals surface area contributed by atoms with Crippen LogP contribution in [0.5, 0.6) is 0 Å². The number of hydrogen-bond acceptors (Lipinski definition) is 1. The van der Waals surface area contributed by atoms with Gasteiger partial charge in [0.05, 0.1) is 16.7 Å². The van der Waals surface area contributed by atoms with Crippen molar-refractivity contribution in [2.24, 2.45) is 0 Å². The number of nitrogens with zero attached hydrogens (tertiary/aromatic N) is 2. The first-order chi connectivity index (χ1) is 29.8. The van der Waals surface area contributed by atoms with Crippen LogP contribution in [0.1, 0.15) is 0 Å². The molecule has 0 radical (unpaired) electrons. The molecule has 0 aliphatic rings. The summed E-state index contributed by atoms with van der Waals surface area (Å²) in [7, 11) is 0. The largest absolute Gasteiger partial charge is 0.310 e. The highest BCUT2D eigenvalue weighted by atomic mass is 15.1. The third-order valence-electron chi connectivity index (χ3n) is 11.8. The molecule has 11 rings (SSSR count). The smallest absolute Gasteiger partial charge is 0.0547 e. The second kappa shape index (κ2) is 15.1. The maximum absolute atomic E-state index is 2.42. The van der Waals surface area contributed by atoms with Gasteiger partial charge in [0.2, 0.25) is 0 Å². The fourth-order valence-corrected chi connectivity index (χ4v) is 8.99. The SMILES string of the molecule is c1ccc(-c2ccc(N(c3ccc(-c4cc(-c5ccccc5)cc5ccccc45)cc3)c3ccccc3-c3cccc4c3c3ccccc3n4-c3ccccc3)cc2)cc1. The highest BCUT2D eigenvalue weighted by Crippen LogP contribution is 2.46. The van der Waals surface area contributed by atoms with E-state index in [4.69, 9.17) is 0 Å². The Kier molecular flexibility index (Phi) is 8.87. The lowest BCUT2D eigenvalue weighted by Gasteiger charge is -2.28. The molecule has 0 amide bonds. The van der Waals surface area contributed by atoms with Crippen molar-refractivity contribution in [2.75, 3.05) is 4.90 Å². The lowest BCUT2D eigenvalue weighted by atomic mass is 9.93. The molecule has 2 heteroatoms. The van der Waals surface area contributed by atoms with E-state index < -0.39 is 0 Å². The van der Waals surface area contributed by atoms with E-state index in [9.17, 15) is 0 Å². The molecule has 1 heterocycles. The minimum absolute atomic E-state index is 1.08. The molecule has 1 aromatic heterocycles. The van der Waals surface area contributed by atoms with Crippen LogP contribution in [-0.2, 0) is 0 Å². The number of aromatic nitrogens is 1. The Labute approximate surface area is 350 Å². The van der Waals surface area contributed by atoms with Crippen LogP contribution < -0.4 is 4.90 Å². The molecule has 0 unspecified atom stereocenters. The summed E-state index contributed by atoms with van der Waals surface area (Å²) >= 11 is 0. The number of benzene rings is 10. The second-order valence-corrected chi connectivity index (χ2v) is 15.3. The van der Waals surface area contributed by atoms with Crippen molar-refractivity contribution in [1.82, 2.24) is 4.57 Å². The number of anilines is 3. The molecule has 10 aromatic carbocycles. The molecular formula is C58H40N2. The first-order valence-electron chi connectivity index (χ1n) is 20.6. The normalized spacial score (nSPS) is 11.3. The third-order valence-corrected chi connectivity index (χ3v) is 11.8. The van der Waals surface area contributed by atoms with Crippen LogP contribution in [0.3, 0.4) is 0 Å². The van der Waals surface area contributed by atoms with Gasteiger partial charge in [-0.05, 0) is 116 Å². The molecule has 0 saturated heterocycles. The summed E-state index contributed by atoms with van der Waals surface area (Å²) in [6.07, 6.45) is 0. The summed E-state index contributed by atoms with van der Waals surface area (Å²) in [5, 5.41) is 4.94. The van der Waals surface area contributed by atoms with Crippen LogP contribution in [0, 0.1) is 0 Å². The third kappa shape index (κ3) is 6.23. The van der Waals surface area contributed by atoms with E-state index >= 15 is 0 Å². The molecule has 0 aliphatic carbocycles. The highest BCUT2D eigenvalue weighted by Gasteiger charge is 2.22. The Morgan fingerprint density at radius 1 is 0.300 bits per heavy atom. The molecule has 0 saturated carbocycles. The summed E-state index contributed by atoms with van der Waals surface area (Å²) in [5.74, 6) is 0. The van der Waals surface area contributed by atoms with Crippen molar-refractivity contribution in [2.45, 2.75) is 0 Å². The molecule has 0 N–H and O–H groups in total. The average Bonchev–Trinajstić information content (AvgIpc) is 3.67. The van der Waals surface area contributed by atoms with Crippen LogP contribution in [0.4, 0.5) is 17.1 Å². The molecule has 0 bridgehead atoms. The van der Waals surface area contributed by atoms with Gasteiger partial charge in [0.1, 0.15) is 0 Å². The van der Waals surface area contributed by atoms with E-state index in [1.165, 1.54) is 71.5 Å². The van der Waals surface area contributed by atoms with E-state index in [2.05, 4.69) is 252 Å². The Hall–Kier alpha value is -7.94. The second-order valence-electron chi connectivity index (χ2n) is 15.3. The van der Waals surface area contributed by atoms with E-state index in [0.717, 1.165) is 28.3 Å². The number of rotatable bonds is 8. The predicted molar refractivity (Wildman–Crippen MR) is 255 cm³/mol. The zero-order valence-corrected chi connectivity index (χ0v) is 33.0. The molecule has 0 fully saturated rings. The monoisotopic (exact) mass is 764 g/mol. The average molecular weight is 765 g/mol. The van der Waals surface area contributed by atoms with Crippen LogP contribution in [0.15, 0.2) is 243 Å². The van der Waals surface area contributed by atoms with E-state index in [1.807, 2.05) is 0 Å². The van der Waals surface area contributed by atoms with Gasteiger partial charge in [-0.25, -0.2) is 0 Å². The maximum atomic E-state index is 2.42. The minimum atomic E-state index is 1.08. The van der Waals surface area contributed by atoms with Gasteiger partial charge < -0.3 is 9.47 Å². The van der Waals surface area contributed by atoms with Crippen LogP contribution in [0.2, 0.25) is 0 Å². The number of para-hydroxylation sites is 3. The van der Waals surface area contributed by atoms with Gasteiger partial charge in [0, 0.05) is 33.4 Å². The fraction of sp³-hybridized carbons (Fsp3) is 0. The molecule has 2 nitrogen and oxygen atoms in total. The minimum Gasteiger partial charge on any atom is -0.310 e. The van der Waals surface area contributed by atoms with E-state index in [1.54, 1.807) is 0 Å². The summed E-state index contributed by atoms with van der Waals surface area (Å²) in [4.78, 5) is 2.42. The van der Waals surface area contributed by atoms with Crippen molar-refractivity contribution in [3.63, 3.8) is 0 Å². The van der Waals surface area contributed by atoms with Crippen molar-refractivity contribution in [3.05, 3.63) is 243 Å². The highest BCUT2D eigenvalue weighted by molar-refractivity contribution is 6.17. The zero-order valence-electron chi connectivity index (χ0n) is 33.0. The van der Waals surface area contributed by atoms with Gasteiger partial charge in [0.25, 0.3) is 0 Å². The number of fused-ring (bicyclic) bond motifs is 4. The first-order valence-corrected chi connectivity index (χ1v) is 20.6. The summed E-state index contributed by atoms with van der Waals surface area (Å²) in [6, 6.07) is 87.9. The van der Waals surface area contributed by atoms with Crippen molar-refractivity contribution >= 4 is 49.6 Å². The molecule has 0 spiro atoms. The summed E-state index contributed by atoms with van der Waals surface area (Å²) < 4.78 is 2.39. The molecule has 282 valence electrons. The van der Waals surface area contributed by atoms with Gasteiger partial charge in [-0.3, -0.25) is 0 Å². The topological polar surface area (TPSA) is 8.17 Å². The Morgan fingerprint density at radius 3 is 1.53 bits per heavy atom.